The van der Waals surface area contributed by atoms with Crippen molar-refractivity contribution in [3.63, 3.8) is 0 Å². The minimum atomic E-state index is 0.129. The number of hydrogen-bond acceptors (Lipinski definition) is 4. The Balaban J connectivity index is 1.79. The number of fused-ring (bicyclic) bond motifs is 1. The minimum absolute atomic E-state index is 0.129. The molecule has 0 bridgehead atoms. The highest BCUT2D eigenvalue weighted by molar-refractivity contribution is 7.99. The van der Waals surface area contributed by atoms with Crippen LogP contribution in [0.5, 0.6) is 0 Å². The van der Waals surface area contributed by atoms with Gasteiger partial charge in [0.2, 0.25) is 5.91 Å². The second-order valence-electron chi connectivity index (χ2n) is 4.65. The Labute approximate surface area is 128 Å². The van der Waals surface area contributed by atoms with Gasteiger partial charge in [-0.25, -0.2) is 4.98 Å². The van der Waals surface area contributed by atoms with Gasteiger partial charge in [0.1, 0.15) is 5.01 Å². The van der Waals surface area contributed by atoms with Crippen LogP contribution in [-0.2, 0) is 10.5 Å². The first-order valence-electron chi connectivity index (χ1n) is 6.94. The van der Waals surface area contributed by atoms with Crippen molar-refractivity contribution in [2.75, 3.05) is 5.75 Å². The first-order chi connectivity index (χ1) is 9.72. The summed E-state index contributed by atoms with van der Waals surface area (Å²) in [4.78, 5) is 16.4. The molecule has 5 heteroatoms. The maximum absolute atomic E-state index is 11.8. The number of carbonyl (C=O) groups is 1. The van der Waals surface area contributed by atoms with Crippen molar-refractivity contribution in [2.45, 2.75) is 38.5 Å². The molecule has 1 amide bonds. The highest BCUT2D eigenvalue weighted by Crippen LogP contribution is 2.24. The van der Waals surface area contributed by atoms with Crippen LogP contribution in [0.4, 0.5) is 0 Å². The highest BCUT2D eigenvalue weighted by Gasteiger charge is 2.09. The van der Waals surface area contributed by atoms with E-state index in [0.29, 0.717) is 11.8 Å². The molecule has 0 atom stereocenters. The van der Waals surface area contributed by atoms with Crippen molar-refractivity contribution in [3.05, 3.63) is 29.3 Å². The summed E-state index contributed by atoms with van der Waals surface area (Å²) in [5.74, 6) is 1.44. The quantitative estimate of drug-likeness (QED) is 0.845. The molecule has 0 fully saturated rings. The summed E-state index contributed by atoms with van der Waals surface area (Å²) >= 11 is 3.34. The van der Waals surface area contributed by atoms with Crippen LogP contribution in [0.2, 0.25) is 0 Å². The molecular weight excluding hydrogens is 288 g/mol. The summed E-state index contributed by atoms with van der Waals surface area (Å²) in [6.45, 7) is 4.20. The van der Waals surface area contributed by atoms with E-state index in [2.05, 4.69) is 30.2 Å². The molecule has 108 valence electrons. The van der Waals surface area contributed by atoms with Gasteiger partial charge < -0.3 is 5.32 Å². The maximum Gasteiger partial charge on any atom is 0.230 e. The van der Waals surface area contributed by atoms with E-state index < -0.39 is 0 Å². The zero-order valence-electron chi connectivity index (χ0n) is 11.9. The third kappa shape index (κ3) is 4.21. The van der Waals surface area contributed by atoms with Gasteiger partial charge in [0, 0.05) is 11.8 Å². The van der Waals surface area contributed by atoms with Gasteiger partial charge in [-0.1, -0.05) is 26.0 Å². The molecule has 2 rings (SSSR count). The van der Waals surface area contributed by atoms with Gasteiger partial charge in [0.15, 0.2) is 0 Å². The van der Waals surface area contributed by atoms with E-state index in [1.54, 1.807) is 23.1 Å². The van der Waals surface area contributed by atoms with Gasteiger partial charge in [-0.05, 0) is 25.0 Å². The molecule has 0 saturated heterocycles. The lowest BCUT2D eigenvalue weighted by Gasteiger charge is -2.14. The Hall–Kier alpha value is -1.07. The Kier molecular flexibility index (Phi) is 5.86. The zero-order valence-corrected chi connectivity index (χ0v) is 13.5. The van der Waals surface area contributed by atoms with E-state index in [1.165, 1.54) is 4.70 Å². The summed E-state index contributed by atoms with van der Waals surface area (Å²) in [5.41, 5.74) is 1.05. The second kappa shape index (κ2) is 7.64. The normalized spacial score (nSPS) is 11.2. The average molecular weight is 308 g/mol. The zero-order chi connectivity index (χ0) is 14.4. The molecule has 1 aromatic heterocycles. The summed E-state index contributed by atoms with van der Waals surface area (Å²) < 4.78 is 1.21. The maximum atomic E-state index is 11.8. The molecule has 0 unspecified atom stereocenters. The number of hydrogen-bond donors (Lipinski definition) is 1. The monoisotopic (exact) mass is 308 g/mol. The van der Waals surface area contributed by atoms with Crippen molar-refractivity contribution >= 4 is 39.2 Å². The topological polar surface area (TPSA) is 42.0 Å². The van der Waals surface area contributed by atoms with Crippen molar-refractivity contribution < 1.29 is 4.79 Å². The van der Waals surface area contributed by atoms with Gasteiger partial charge >= 0.3 is 0 Å². The predicted molar refractivity (Wildman–Crippen MR) is 88.3 cm³/mol. The van der Waals surface area contributed by atoms with Crippen LogP contribution in [0.25, 0.3) is 10.2 Å². The van der Waals surface area contributed by atoms with Crippen LogP contribution in [0.15, 0.2) is 24.3 Å². The van der Waals surface area contributed by atoms with E-state index >= 15 is 0 Å². The number of thiazole rings is 1. The third-order valence-corrected chi connectivity index (χ3v) is 5.31. The molecule has 0 aliphatic rings. The molecular formula is C15H20N2OS2. The average Bonchev–Trinajstić information content (AvgIpc) is 2.87. The SMILES string of the molecule is CCC(CC)NC(=O)CSCc1nc2ccccc2s1. The summed E-state index contributed by atoms with van der Waals surface area (Å²) in [6.07, 6.45) is 1.98. The van der Waals surface area contributed by atoms with E-state index in [9.17, 15) is 4.79 Å². The number of rotatable bonds is 7. The molecule has 1 N–H and O–H groups in total. The summed E-state index contributed by atoms with van der Waals surface area (Å²) in [6, 6.07) is 8.45. The molecule has 1 heterocycles. The number of benzene rings is 1. The summed E-state index contributed by atoms with van der Waals surface area (Å²) in [7, 11) is 0. The van der Waals surface area contributed by atoms with Gasteiger partial charge in [0.05, 0.1) is 16.0 Å². The van der Waals surface area contributed by atoms with Gasteiger partial charge in [-0.2, -0.15) is 0 Å². The Bertz CT molecular complexity index is 531. The van der Waals surface area contributed by atoms with Crippen LogP contribution in [0.1, 0.15) is 31.7 Å². The van der Waals surface area contributed by atoms with Crippen LogP contribution in [-0.4, -0.2) is 22.7 Å². The van der Waals surface area contributed by atoms with E-state index in [-0.39, 0.29) is 5.91 Å². The molecule has 0 spiro atoms. The molecule has 2 aromatic rings. The lowest BCUT2D eigenvalue weighted by atomic mass is 10.2. The van der Waals surface area contributed by atoms with Gasteiger partial charge in [0.25, 0.3) is 0 Å². The number of carbonyl (C=O) groups excluding carboxylic acids is 1. The van der Waals surface area contributed by atoms with Crippen molar-refractivity contribution in [1.29, 1.82) is 0 Å². The van der Waals surface area contributed by atoms with Crippen LogP contribution in [0.3, 0.4) is 0 Å². The van der Waals surface area contributed by atoms with Gasteiger partial charge in [-0.15, -0.1) is 23.1 Å². The van der Waals surface area contributed by atoms with E-state index in [0.717, 1.165) is 29.1 Å². The fourth-order valence-electron chi connectivity index (χ4n) is 1.97. The molecule has 1 aromatic carbocycles. The van der Waals surface area contributed by atoms with Crippen LogP contribution < -0.4 is 5.32 Å². The lowest BCUT2D eigenvalue weighted by molar-refractivity contribution is -0.119. The predicted octanol–water partition coefficient (Wildman–Crippen LogP) is 3.83. The van der Waals surface area contributed by atoms with Crippen molar-refractivity contribution in [2.24, 2.45) is 0 Å². The first kappa shape index (κ1) is 15.3. The molecule has 0 saturated carbocycles. The van der Waals surface area contributed by atoms with Gasteiger partial charge in [-0.3, -0.25) is 4.79 Å². The van der Waals surface area contributed by atoms with E-state index in [4.69, 9.17) is 0 Å². The second-order valence-corrected chi connectivity index (χ2v) is 6.75. The minimum Gasteiger partial charge on any atom is -0.353 e. The highest BCUT2D eigenvalue weighted by atomic mass is 32.2. The Morgan fingerprint density at radius 1 is 1.35 bits per heavy atom. The number of amides is 1. The Morgan fingerprint density at radius 2 is 2.10 bits per heavy atom. The van der Waals surface area contributed by atoms with Crippen LogP contribution >= 0.6 is 23.1 Å². The number of nitrogens with zero attached hydrogens (tertiary/aromatic N) is 1. The standard InChI is InChI=1S/C15H20N2OS2/c1-3-11(4-2)16-14(18)9-19-10-15-17-12-7-5-6-8-13(12)20-15/h5-8,11H,3-4,9-10H2,1-2H3,(H,16,18). The number of nitrogens with one attached hydrogen (secondary N) is 1. The van der Waals surface area contributed by atoms with Crippen molar-refractivity contribution in [3.8, 4) is 0 Å². The van der Waals surface area contributed by atoms with Crippen molar-refractivity contribution in [1.82, 2.24) is 10.3 Å². The summed E-state index contributed by atoms with van der Waals surface area (Å²) in [5, 5.41) is 4.14. The lowest BCUT2D eigenvalue weighted by Crippen LogP contribution is -2.35. The van der Waals surface area contributed by atoms with E-state index in [1.807, 2.05) is 18.2 Å². The van der Waals surface area contributed by atoms with Crippen LogP contribution in [0, 0.1) is 0 Å². The Morgan fingerprint density at radius 3 is 2.80 bits per heavy atom. The number of aromatic nitrogens is 1. The third-order valence-electron chi connectivity index (χ3n) is 3.15. The largest absolute Gasteiger partial charge is 0.353 e. The molecule has 0 radical (unpaired) electrons. The molecule has 20 heavy (non-hydrogen) atoms. The fraction of sp³-hybridized carbons (Fsp3) is 0.467. The molecule has 3 nitrogen and oxygen atoms in total. The molecule has 0 aliphatic heterocycles. The number of para-hydroxylation sites is 1. The number of thioether (sulfide) groups is 1. The first-order valence-corrected chi connectivity index (χ1v) is 8.91. The fourth-order valence-corrected chi connectivity index (χ4v) is 3.83. The molecule has 0 aliphatic carbocycles. The smallest absolute Gasteiger partial charge is 0.230 e.